The second kappa shape index (κ2) is 16.3. The second-order valence-corrected chi connectivity index (χ2v) is 13.4. The Balaban J connectivity index is 1.76. The molecule has 13 heteroatoms. The molecule has 1 fully saturated rings. The number of carbonyl (C=O) groups excluding carboxylic acids is 1. The number of aromatic nitrogens is 1. The fourth-order valence-corrected chi connectivity index (χ4v) is 6.63. The molecule has 0 radical (unpaired) electrons. The number of alkyl halides is 3. The van der Waals surface area contributed by atoms with Crippen molar-refractivity contribution in [1.29, 1.82) is 0 Å². The average Bonchev–Trinajstić information content (AvgIpc) is 3.28. The van der Waals surface area contributed by atoms with Crippen LogP contribution in [0.5, 0.6) is 0 Å². The second-order valence-electron chi connectivity index (χ2n) is 13.4. The number of amides is 1. The van der Waals surface area contributed by atoms with Crippen molar-refractivity contribution in [2.24, 2.45) is 5.92 Å². The molecule has 2 N–H and O–H groups in total. The summed E-state index contributed by atoms with van der Waals surface area (Å²) in [6.45, 7) is 10.9. The molecule has 0 spiro atoms. The van der Waals surface area contributed by atoms with E-state index < -0.39 is 59.3 Å². The number of halogens is 5. The number of ether oxygens (including phenoxy) is 1. The molecule has 2 aromatic carbocycles. The number of nitrogens with one attached hydrogen (secondary N) is 1. The molecule has 1 aromatic heterocycles. The van der Waals surface area contributed by atoms with E-state index in [1.807, 2.05) is 4.90 Å². The van der Waals surface area contributed by atoms with Gasteiger partial charge in [0.15, 0.2) is 0 Å². The maximum absolute atomic E-state index is 15.8. The van der Waals surface area contributed by atoms with Gasteiger partial charge in [-0.1, -0.05) is 13.8 Å². The molecular formula is C37H44F5N3O5. The standard InChI is InChI=1S/C37H44F5N3O5/c1-21(2)13-31(45-20-25(29(18-32(45)46)37(40,41)42)7-9-44-8-6-11-50-12-10-44)36(49)43-30(19-33(47)48)28-17-26(14-24(5)35(28)39)34-22(3)15-27(38)16-23(34)4/h14-18,20-21,30-31H,6-13,19H2,1-5H3,(H,43,49)(H,47,48)/t30-,31-/m1/s1. The minimum Gasteiger partial charge on any atom is -0.481 e. The summed E-state index contributed by atoms with van der Waals surface area (Å²) in [6.07, 6.45) is -3.77. The molecule has 50 heavy (non-hydrogen) atoms. The Labute approximate surface area is 288 Å². The number of hydrogen-bond acceptors (Lipinski definition) is 5. The predicted molar refractivity (Wildman–Crippen MR) is 179 cm³/mol. The Kier molecular flexibility index (Phi) is 12.6. The number of pyridine rings is 1. The van der Waals surface area contributed by atoms with Gasteiger partial charge in [0.05, 0.1) is 24.6 Å². The van der Waals surface area contributed by atoms with Gasteiger partial charge in [0.25, 0.3) is 5.56 Å². The molecule has 2 heterocycles. The molecule has 1 aliphatic rings. The number of aliphatic carboxylic acids is 1. The van der Waals surface area contributed by atoms with Crippen LogP contribution in [0.4, 0.5) is 22.0 Å². The van der Waals surface area contributed by atoms with Crippen LogP contribution in [0.15, 0.2) is 41.3 Å². The summed E-state index contributed by atoms with van der Waals surface area (Å²) in [5.41, 5.74) is -0.0434. The fraction of sp³-hybridized carbons (Fsp3) is 0.486. The number of carboxylic acid groups (broad SMARTS) is 1. The zero-order valence-corrected chi connectivity index (χ0v) is 28.9. The lowest BCUT2D eigenvalue weighted by molar-refractivity contribution is -0.139. The molecule has 0 bridgehead atoms. The average molecular weight is 706 g/mol. The third kappa shape index (κ3) is 9.57. The zero-order chi connectivity index (χ0) is 36.9. The lowest BCUT2D eigenvalue weighted by Gasteiger charge is -2.27. The van der Waals surface area contributed by atoms with E-state index in [2.05, 4.69) is 5.32 Å². The van der Waals surface area contributed by atoms with Crippen LogP contribution in [0.2, 0.25) is 0 Å². The maximum Gasteiger partial charge on any atom is 0.416 e. The van der Waals surface area contributed by atoms with E-state index in [0.717, 1.165) is 17.2 Å². The summed E-state index contributed by atoms with van der Waals surface area (Å²) in [7, 11) is 0. The minimum atomic E-state index is -4.82. The SMILES string of the molecule is Cc1cc(-c2c(C)cc(F)cc2C)cc([C@@H](CC(=O)O)NC(=O)[C@@H](CC(C)C)n2cc(CCN3CCCOCC3)c(C(F)(F)F)cc2=O)c1F. The summed E-state index contributed by atoms with van der Waals surface area (Å²) >= 11 is 0. The summed E-state index contributed by atoms with van der Waals surface area (Å²) in [5.74, 6) is -3.62. The smallest absolute Gasteiger partial charge is 0.416 e. The topological polar surface area (TPSA) is 101 Å². The number of carboxylic acids is 1. The maximum atomic E-state index is 15.8. The van der Waals surface area contributed by atoms with Gasteiger partial charge in [0, 0.05) is 44.1 Å². The van der Waals surface area contributed by atoms with E-state index >= 15 is 4.39 Å². The van der Waals surface area contributed by atoms with Crippen molar-refractivity contribution in [3.63, 3.8) is 0 Å². The zero-order valence-electron chi connectivity index (χ0n) is 28.9. The summed E-state index contributed by atoms with van der Waals surface area (Å²) in [6, 6.07) is 3.37. The van der Waals surface area contributed by atoms with Crippen LogP contribution in [0.3, 0.4) is 0 Å². The van der Waals surface area contributed by atoms with E-state index in [1.54, 1.807) is 33.8 Å². The first-order valence-electron chi connectivity index (χ1n) is 16.7. The van der Waals surface area contributed by atoms with Gasteiger partial charge >= 0.3 is 12.1 Å². The van der Waals surface area contributed by atoms with Crippen molar-refractivity contribution < 1.29 is 41.4 Å². The first-order chi connectivity index (χ1) is 23.5. The quantitative estimate of drug-likeness (QED) is 0.199. The van der Waals surface area contributed by atoms with Gasteiger partial charge in [-0.15, -0.1) is 0 Å². The number of benzene rings is 2. The molecule has 3 aromatic rings. The monoisotopic (exact) mass is 705 g/mol. The lowest BCUT2D eigenvalue weighted by atomic mass is 9.90. The molecular weight excluding hydrogens is 661 g/mol. The molecule has 272 valence electrons. The van der Waals surface area contributed by atoms with E-state index in [0.29, 0.717) is 54.6 Å². The molecule has 1 saturated heterocycles. The van der Waals surface area contributed by atoms with Gasteiger partial charge in [-0.05, 0) is 104 Å². The Morgan fingerprint density at radius 1 is 0.980 bits per heavy atom. The van der Waals surface area contributed by atoms with E-state index in [9.17, 15) is 37.1 Å². The highest BCUT2D eigenvalue weighted by molar-refractivity contribution is 5.82. The van der Waals surface area contributed by atoms with Gasteiger partial charge < -0.3 is 24.6 Å². The van der Waals surface area contributed by atoms with Crippen LogP contribution >= 0.6 is 0 Å². The molecule has 0 unspecified atom stereocenters. The third-order valence-electron chi connectivity index (χ3n) is 8.95. The van der Waals surface area contributed by atoms with Crippen molar-refractivity contribution in [2.75, 3.05) is 32.8 Å². The fourth-order valence-electron chi connectivity index (χ4n) is 6.63. The van der Waals surface area contributed by atoms with Crippen LogP contribution in [-0.4, -0.2) is 59.3 Å². The van der Waals surface area contributed by atoms with Crippen LogP contribution in [-0.2, 0) is 26.9 Å². The van der Waals surface area contributed by atoms with Gasteiger partial charge in [-0.2, -0.15) is 13.2 Å². The third-order valence-corrected chi connectivity index (χ3v) is 8.95. The van der Waals surface area contributed by atoms with Crippen molar-refractivity contribution in [3.8, 4) is 11.1 Å². The van der Waals surface area contributed by atoms with Crippen molar-refractivity contribution in [1.82, 2.24) is 14.8 Å². The van der Waals surface area contributed by atoms with Crippen molar-refractivity contribution in [3.05, 3.63) is 91.9 Å². The summed E-state index contributed by atoms with van der Waals surface area (Å²) < 4.78 is 78.8. The van der Waals surface area contributed by atoms with Crippen LogP contribution in [0, 0.1) is 38.3 Å². The lowest BCUT2D eigenvalue weighted by Crippen LogP contribution is -2.41. The van der Waals surface area contributed by atoms with Crippen LogP contribution in [0.1, 0.15) is 78.6 Å². The van der Waals surface area contributed by atoms with Crippen molar-refractivity contribution in [2.45, 2.75) is 78.6 Å². The minimum absolute atomic E-state index is 0.0231. The van der Waals surface area contributed by atoms with E-state index in [-0.39, 0.29) is 42.0 Å². The highest BCUT2D eigenvalue weighted by Gasteiger charge is 2.36. The summed E-state index contributed by atoms with van der Waals surface area (Å²) in [4.78, 5) is 41.4. The molecule has 4 rings (SSSR count). The molecule has 8 nitrogen and oxygen atoms in total. The number of nitrogens with zero attached hydrogens (tertiary/aromatic N) is 2. The summed E-state index contributed by atoms with van der Waals surface area (Å²) in [5, 5.41) is 12.4. The van der Waals surface area contributed by atoms with E-state index in [4.69, 9.17) is 4.74 Å². The van der Waals surface area contributed by atoms with Gasteiger partial charge in [-0.3, -0.25) is 14.4 Å². The Morgan fingerprint density at radius 2 is 1.66 bits per heavy atom. The molecule has 2 atom stereocenters. The highest BCUT2D eigenvalue weighted by Crippen LogP contribution is 2.35. The van der Waals surface area contributed by atoms with Crippen LogP contribution < -0.4 is 10.9 Å². The van der Waals surface area contributed by atoms with E-state index in [1.165, 1.54) is 25.1 Å². The van der Waals surface area contributed by atoms with Gasteiger partial charge in [-0.25, -0.2) is 8.78 Å². The molecule has 1 amide bonds. The van der Waals surface area contributed by atoms with Crippen LogP contribution in [0.25, 0.3) is 11.1 Å². The predicted octanol–water partition coefficient (Wildman–Crippen LogP) is 6.92. The number of rotatable bonds is 12. The Hall–Kier alpha value is -4.10. The highest BCUT2D eigenvalue weighted by atomic mass is 19.4. The molecule has 0 aliphatic carbocycles. The first-order valence-corrected chi connectivity index (χ1v) is 16.7. The number of carbonyl (C=O) groups is 2. The molecule has 0 saturated carbocycles. The largest absolute Gasteiger partial charge is 0.481 e. The first kappa shape index (κ1) is 38.7. The Bertz CT molecular complexity index is 1740. The van der Waals surface area contributed by atoms with Crippen molar-refractivity contribution >= 4 is 11.9 Å². The number of aryl methyl sites for hydroxylation is 3. The normalized spacial score (nSPS) is 15.5. The molecule has 1 aliphatic heterocycles. The Morgan fingerprint density at radius 3 is 2.28 bits per heavy atom. The van der Waals surface area contributed by atoms with Gasteiger partial charge in [0.2, 0.25) is 5.91 Å². The van der Waals surface area contributed by atoms with Gasteiger partial charge in [0.1, 0.15) is 17.7 Å². The number of hydrogen-bond donors (Lipinski definition) is 2.